The molecule has 0 radical (unpaired) electrons. The zero-order chi connectivity index (χ0) is 14.8. The van der Waals surface area contributed by atoms with E-state index in [1.165, 1.54) is 0 Å². The Morgan fingerprint density at radius 1 is 1.24 bits per heavy atom. The molecular formula is C13H13N7O. The van der Waals surface area contributed by atoms with Crippen molar-refractivity contribution < 1.29 is 4.79 Å². The van der Waals surface area contributed by atoms with E-state index in [0.717, 1.165) is 11.3 Å². The van der Waals surface area contributed by atoms with Gasteiger partial charge in [-0.15, -0.1) is 10.2 Å². The van der Waals surface area contributed by atoms with Crippen LogP contribution < -0.4 is 5.32 Å². The molecule has 0 spiro atoms. The molecule has 0 bridgehead atoms. The highest BCUT2D eigenvalue weighted by Gasteiger charge is 2.15. The van der Waals surface area contributed by atoms with E-state index in [0.29, 0.717) is 22.8 Å². The van der Waals surface area contributed by atoms with E-state index in [-0.39, 0.29) is 5.91 Å². The molecule has 21 heavy (non-hydrogen) atoms. The molecule has 0 saturated carbocycles. The molecule has 0 unspecified atom stereocenters. The number of amides is 1. The first kappa shape index (κ1) is 13.0. The average molecular weight is 283 g/mol. The van der Waals surface area contributed by atoms with Gasteiger partial charge in [0.25, 0.3) is 5.91 Å². The van der Waals surface area contributed by atoms with Gasteiger partial charge in [0, 0.05) is 16.9 Å². The number of hydrogen-bond donors (Lipinski definition) is 3. The highest BCUT2D eigenvalue weighted by Crippen LogP contribution is 2.19. The molecule has 0 aliphatic carbocycles. The van der Waals surface area contributed by atoms with E-state index in [1.54, 1.807) is 19.1 Å². The molecule has 2 heterocycles. The predicted octanol–water partition coefficient (Wildman–Crippen LogP) is 1.46. The monoisotopic (exact) mass is 283 g/mol. The van der Waals surface area contributed by atoms with E-state index >= 15 is 0 Å². The Morgan fingerprint density at radius 2 is 2.10 bits per heavy atom. The number of anilines is 1. The number of nitrogens with zero attached hydrogens (tertiary/aromatic N) is 4. The Kier molecular flexibility index (Phi) is 3.19. The largest absolute Gasteiger partial charge is 0.322 e. The molecule has 0 aliphatic rings. The van der Waals surface area contributed by atoms with Crippen LogP contribution in [0.5, 0.6) is 0 Å². The summed E-state index contributed by atoms with van der Waals surface area (Å²) >= 11 is 0. The quantitative estimate of drug-likeness (QED) is 0.673. The highest BCUT2D eigenvalue weighted by molar-refractivity contribution is 6.06. The van der Waals surface area contributed by atoms with E-state index in [9.17, 15) is 4.79 Å². The van der Waals surface area contributed by atoms with Crippen molar-refractivity contribution in [2.75, 3.05) is 5.32 Å². The lowest BCUT2D eigenvalue weighted by molar-refractivity contribution is 0.102. The fourth-order valence-corrected chi connectivity index (χ4v) is 2.10. The third kappa shape index (κ3) is 2.50. The van der Waals surface area contributed by atoms with E-state index < -0.39 is 0 Å². The molecule has 0 aliphatic heterocycles. The van der Waals surface area contributed by atoms with Crippen LogP contribution in [0.25, 0.3) is 11.4 Å². The molecule has 1 amide bonds. The summed E-state index contributed by atoms with van der Waals surface area (Å²) in [5.74, 6) is 0.269. The first-order chi connectivity index (χ1) is 10.1. The molecular weight excluding hydrogens is 270 g/mol. The molecule has 0 atom stereocenters. The summed E-state index contributed by atoms with van der Waals surface area (Å²) in [6.07, 6.45) is 0. The maximum atomic E-state index is 12.3. The van der Waals surface area contributed by atoms with Crippen LogP contribution >= 0.6 is 0 Å². The summed E-state index contributed by atoms with van der Waals surface area (Å²) < 4.78 is 0. The molecule has 0 fully saturated rings. The summed E-state index contributed by atoms with van der Waals surface area (Å²) in [7, 11) is 0. The van der Waals surface area contributed by atoms with Crippen molar-refractivity contribution in [1.82, 2.24) is 30.8 Å². The van der Waals surface area contributed by atoms with Crippen LogP contribution in [0.1, 0.15) is 21.7 Å². The fourth-order valence-electron chi connectivity index (χ4n) is 2.10. The van der Waals surface area contributed by atoms with Crippen LogP contribution in [0.2, 0.25) is 0 Å². The Labute approximate surface area is 120 Å². The van der Waals surface area contributed by atoms with Crippen LogP contribution in [0.3, 0.4) is 0 Å². The second kappa shape index (κ2) is 5.16. The molecule has 0 saturated heterocycles. The van der Waals surface area contributed by atoms with Gasteiger partial charge in [0.05, 0.1) is 11.3 Å². The number of aromatic amines is 2. The maximum absolute atomic E-state index is 12.3. The number of rotatable bonds is 3. The number of aromatic nitrogens is 6. The van der Waals surface area contributed by atoms with Crippen molar-refractivity contribution in [2.45, 2.75) is 13.8 Å². The summed E-state index contributed by atoms with van der Waals surface area (Å²) in [6.45, 7) is 3.60. The topological polar surface area (TPSA) is 112 Å². The molecule has 8 nitrogen and oxygen atoms in total. The number of carbonyl (C=O) groups is 1. The number of carbonyl (C=O) groups excluding carboxylic acids is 1. The number of nitrogens with one attached hydrogen (secondary N) is 3. The molecule has 3 aromatic rings. The van der Waals surface area contributed by atoms with Crippen molar-refractivity contribution in [3.63, 3.8) is 0 Å². The Morgan fingerprint density at radius 3 is 2.76 bits per heavy atom. The maximum Gasteiger partial charge on any atom is 0.259 e. The summed E-state index contributed by atoms with van der Waals surface area (Å²) in [6, 6.07) is 7.24. The normalized spacial score (nSPS) is 10.6. The minimum absolute atomic E-state index is 0.205. The zero-order valence-electron chi connectivity index (χ0n) is 11.5. The van der Waals surface area contributed by atoms with Crippen LogP contribution in [-0.4, -0.2) is 36.7 Å². The minimum atomic E-state index is -0.205. The smallest absolute Gasteiger partial charge is 0.259 e. The second-order valence-electron chi connectivity index (χ2n) is 4.58. The number of benzene rings is 1. The van der Waals surface area contributed by atoms with Crippen molar-refractivity contribution >= 4 is 11.6 Å². The van der Waals surface area contributed by atoms with Crippen LogP contribution in [0.15, 0.2) is 24.3 Å². The number of aryl methyl sites for hydroxylation is 2. The highest BCUT2D eigenvalue weighted by atomic mass is 16.1. The summed E-state index contributed by atoms with van der Waals surface area (Å²) in [4.78, 5) is 12.3. The van der Waals surface area contributed by atoms with Gasteiger partial charge in [-0.3, -0.25) is 9.89 Å². The second-order valence-corrected chi connectivity index (χ2v) is 4.58. The number of H-pyrrole nitrogens is 2. The van der Waals surface area contributed by atoms with Gasteiger partial charge in [0.1, 0.15) is 0 Å². The van der Waals surface area contributed by atoms with Gasteiger partial charge >= 0.3 is 0 Å². The van der Waals surface area contributed by atoms with Crippen molar-refractivity contribution in [2.24, 2.45) is 0 Å². The third-order valence-corrected chi connectivity index (χ3v) is 3.08. The van der Waals surface area contributed by atoms with Crippen molar-refractivity contribution in [3.8, 4) is 11.4 Å². The zero-order valence-corrected chi connectivity index (χ0v) is 11.5. The lowest BCUT2D eigenvalue weighted by Gasteiger charge is -2.06. The lowest BCUT2D eigenvalue weighted by Crippen LogP contribution is -2.13. The molecule has 3 rings (SSSR count). The van der Waals surface area contributed by atoms with Crippen LogP contribution in [-0.2, 0) is 0 Å². The summed E-state index contributed by atoms with van der Waals surface area (Å²) in [5, 5.41) is 23.4. The lowest BCUT2D eigenvalue weighted by atomic mass is 10.1. The van der Waals surface area contributed by atoms with Gasteiger partial charge in [0.15, 0.2) is 0 Å². The van der Waals surface area contributed by atoms with Crippen LogP contribution in [0.4, 0.5) is 5.69 Å². The minimum Gasteiger partial charge on any atom is -0.322 e. The first-order valence-electron chi connectivity index (χ1n) is 6.32. The predicted molar refractivity (Wildman–Crippen MR) is 75.6 cm³/mol. The van der Waals surface area contributed by atoms with Crippen molar-refractivity contribution in [3.05, 3.63) is 41.2 Å². The Balaban J connectivity index is 1.86. The summed E-state index contributed by atoms with van der Waals surface area (Å²) in [5.41, 5.74) is 3.38. The SMILES string of the molecule is Cc1n[nH]c(C)c1C(=O)Nc1cccc(-c2nn[nH]n2)c1. The fraction of sp³-hybridized carbons (Fsp3) is 0.154. The van der Waals surface area contributed by atoms with E-state index in [4.69, 9.17) is 0 Å². The molecule has 1 aromatic carbocycles. The molecule has 8 heteroatoms. The Bertz CT molecular complexity index is 756. The van der Waals surface area contributed by atoms with Gasteiger partial charge in [-0.2, -0.15) is 10.3 Å². The standard InChI is InChI=1S/C13H13N7O/c1-7-11(8(2)16-15-7)13(21)14-10-5-3-4-9(6-10)12-17-19-20-18-12/h3-6H,1-2H3,(H,14,21)(H,15,16)(H,17,18,19,20). The molecule has 3 N–H and O–H groups in total. The van der Waals surface area contributed by atoms with Crippen LogP contribution in [0, 0.1) is 13.8 Å². The van der Waals surface area contributed by atoms with Gasteiger partial charge in [-0.25, -0.2) is 0 Å². The Hall–Kier alpha value is -3.03. The van der Waals surface area contributed by atoms with Gasteiger partial charge in [0.2, 0.25) is 5.82 Å². The van der Waals surface area contributed by atoms with E-state index in [1.807, 2.05) is 19.1 Å². The van der Waals surface area contributed by atoms with Crippen molar-refractivity contribution in [1.29, 1.82) is 0 Å². The average Bonchev–Trinajstić information content (AvgIpc) is 3.09. The number of hydrogen-bond acceptors (Lipinski definition) is 5. The van der Waals surface area contributed by atoms with Gasteiger partial charge in [-0.05, 0) is 31.2 Å². The van der Waals surface area contributed by atoms with Gasteiger partial charge in [-0.1, -0.05) is 12.1 Å². The first-order valence-corrected chi connectivity index (χ1v) is 6.32. The van der Waals surface area contributed by atoms with Gasteiger partial charge < -0.3 is 5.32 Å². The van der Waals surface area contributed by atoms with E-state index in [2.05, 4.69) is 36.1 Å². The number of tetrazole rings is 1. The third-order valence-electron chi connectivity index (χ3n) is 3.08. The molecule has 2 aromatic heterocycles. The molecule has 106 valence electrons.